The van der Waals surface area contributed by atoms with Crippen molar-refractivity contribution in [2.75, 3.05) is 59.9 Å². The Morgan fingerprint density at radius 1 is 0.674 bits per heavy atom. The molecule has 2 aliphatic rings. The van der Waals surface area contributed by atoms with Crippen molar-refractivity contribution in [3.63, 3.8) is 0 Å². The lowest BCUT2D eigenvalue weighted by molar-refractivity contribution is -0.156. The first-order chi connectivity index (χ1) is 43.7. The largest absolute Gasteiger partial charge is 0.489 e. The van der Waals surface area contributed by atoms with Crippen LogP contribution in [0.4, 0.5) is 42.3 Å². The van der Waals surface area contributed by atoms with E-state index < -0.39 is 7.12 Å². The second kappa shape index (κ2) is 29.7. The number of carbonyl (C=O) groups excluding carboxylic acids is 1. The van der Waals surface area contributed by atoms with Crippen LogP contribution in [-0.4, -0.2) is 114 Å². The summed E-state index contributed by atoms with van der Waals surface area (Å²) in [5, 5.41) is 39.7. The average molecular weight is 1350 g/mol. The summed E-state index contributed by atoms with van der Waals surface area (Å²) in [6, 6.07) is 32.2. The SMILES string of the molecule is C.CC(C)(C)OC(=O)CC1CCN(c2ccc(Br)cn2)CC1.CCc1nc2ccc(-c3ccc(N4CCC(N)CC4)nc3)cn2c1N(C)c1nc(-c2ccc(F)cc2)c(C#N)s1.CCc1nc2ccc(B(O)O)cn2c1N(C)c1nc(-c2ccc(F)cc2)c(C#N)s1. The molecule has 0 amide bonds. The molecule has 10 heterocycles. The second-order valence-electron chi connectivity index (χ2n) is 23.2. The van der Waals surface area contributed by atoms with Gasteiger partial charge in [-0.1, -0.05) is 50.0 Å². The van der Waals surface area contributed by atoms with Crippen LogP contribution in [0.2, 0.25) is 0 Å². The number of ether oxygens (including phenoxy) is 1. The normalized spacial score (nSPS) is 13.5. The topological polar surface area (TPSA) is 239 Å². The third-order valence-corrected chi connectivity index (χ3v) is 18.2. The lowest BCUT2D eigenvalue weighted by Crippen LogP contribution is -2.40. The summed E-state index contributed by atoms with van der Waals surface area (Å²) in [5.41, 5.74) is 13.6. The van der Waals surface area contributed by atoms with E-state index in [1.54, 1.807) is 47.0 Å². The van der Waals surface area contributed by atoms with Crippen LogP contribution >= 0.6 is 38.6 Å². The van der Waals surface area contributed by atoms with Gasteiger partial charge in [0.05, 0.1) is 11.4 Å². The first-order valence-electron chi connectivity index (χ1n) is 30.0. The molecule has 8 aromatic heterocycles. The summed E-state index contributed by atoms with van der Waals surface area (Å²) in [6.07, 6.45) is 13.3. The summed E-state index contributed by atoms with van der Waals surface area (Å²) in [4.78, 5) is 49.2. The Kier molecular flexibility index (Phi) is 21.9. The van der Waals surface area contributed by atoms with Gasteiger partial charge in [-0.3, -0.25) is 13.6 Å². The standard InChI is InChI=1S/C30H29FN8S.C20H17BFN5O2S.C16H23BrN2O2.CH4/c1-3-24-29(37(2)30-36-28(25(16-32)40-30)19-4-8-22(31)9-5-19)39-18-21(7-11-27(39)35-24)20-6-10-26(34-17-20)38-14-12-23(33)13-15-38;1-3-15-19(27-11-13(21(28)29)6-9-17(27)24-15)26(2)20-25-18(16(10-23)30-20)12-4-7-14(22)8-5-12;1-16(2,3)21-15(20)10-12-6-8-19(9-7-12)14-5-4-13(17)11-18-14;/h4-11,17-18,23H,3,12-15,33H2,1-2H3;4-9,11,28-29H,3H2,1-2H3;4-5,11-12H,6-10H2,1-3H3;1H4. The van der Waals surface area contributed by atoms with Gasteiger partial charge < -0.3 is 40.1 Å². The number of esters is 1. The number of thiazole rings is 2. The van der Waals surface area contributed by atoms with Crippen LogP contribution in [0.15, 0.2) is 126 Å². The summed E-state index contributed by atoms with van der Waals surface area (Å²) in [6.45, 7) is 13.5. The summed E-state index contributed by atoms with van der Waals surface area (Å²) >= 11 is 5.93. The number of nitriles is 2. The predicted octanol–water partition coefficient (Wildman–Crippen LogP) is 12.7. The van der Waals surface area contributed by atoms with Crippen molar-refractivity contribution >= 4 is 102 Å². The van der Waals surface area contributed by atoms with E-state index in [9.17, 15) is 34.1 Å². The van der Waals surface area contributed by atoms with Crippen LogP contribution in [-0.2, 0) is 22.4 Å². The number of piperidine rings is 2. The highest BCUT2D eigenvalue weighted by atomic mass is 79.9. The van der Waals surface area contributed by atoms with Crippen LogP contribution in [0, 0.1) is 40.2 Å². The lowest BCUT2D eigenvalue weighted by atomic mass is 9.82. The quantitative estimate of drug-likeness (QED) is 0.0677. The molecule has 2 fully saturated rings. The number of nitrogens with zero attached hydrogens (tertiary/aromatic N) is 14. The number of rotatable bonds is 14. The molecule has 0 unspecified atom stereocenters. The Morgan fingerprint density at radius 3 is 1.58 bits per heavy atom. The van der Waals surface area contributed by atoms with Gasteiger partial charge in [-0.15, -0.1) is 0 Å². The van der Waals surface area contributed by atoms with Gasteiger partial charge >= 0.3 is 13.1 Å². The third-order valence-electron chi connectivity index (χ3n) is 15.7. The van der Waals surface area contributed by atoms with Crippen molar-refractivity contribution < 1.29 is 28.4 Å². The highest BCUT2D eigenvalue weighted by molar-refractivity contribution is 9.10. The van der Waals surface area contributed by atoms with Crippen LogP contribution in [0.1, 0.15) is 95.3 Å². The first kappa shape index (κ1) is 67.7. The molecule has 10 aromatic rings. The predicted molar refractivity (Wildman–Crippen MR) is 366 cm³/mol. The Balaban J connectivity index is 0.000000171. The fourth-order valence-electron chi connectivity index (χ4n) is 10.9. The maximum Gasteiger partial charge on any atom is 0.489 e. The molecular formula is C67H73BBrF2N15O4S2. The van der Waals surface area contributed by atoms with Gasteiger partial charge in [0, 0.05) is 104 Å². The summed E-state index contributed by atoms with van der Waals surface area (Å²) in [7, 11) is 2.15. The highest BCUT2D eigenvalue weighted by Gasteiger charge is 2.28. The number of fused-ring (bicyclic) bond motifs is 2. The van der Waals surface area contributed by atoms with E-state index in [0.29, 0.717) is 72.4 Å². The van der Waals surface area contributed by atoms with Crippen molar-refractivity contribution in [2.45, 2.75) is 98.6 Å². The average Bonchev–Trinajstić information content (AvgIpc) is 1.62. The molecule has 19 nitrogen and oxygen atoms in total. The lowest BCUT2D eigenvalue weighted by Gasteiger charge is -2.32. The number of pyridine rings is 4. The molecule has 4 N–H and O–H groups in total. The Morgan fingerprint density at radius 2 is 1.13 bits per heavy atom. The molecule has 0 spiro atoms. The molecule has 2 aliphatic heterocycles. The maximum absolute atomic E-state index is 13.5. The van der Waals surface area contributed by atoms with E-state index in [1.807, 2.05) is 82.2 Å². The number of carbonyl (C=O) groups is 1. The number of anilines is 6. The Bertz CT molecular complexity index is 4240. The van der Waals surface area contributed by atoms with Crippen LogP contribution < -0.4 is 30.8 Å². The summed E-state index contributed by atoms with van der Waals surface area (Å²) in [5.74, 6) is 3.25. The zero-order valence-corrected chi connectivity index (χ0v) is 54.8. The van der Waals surface area contributed by atoms with E-state index in [1.165, 1.54) is 46.9 Å². The van der Waals surface area contributed by atoms with Gasteiger partial charge in [0.25, 0.3) is 0 Å². The highest BCUT2D eigenvalue weighted by Crippen LogP contribution is 2.39. The van der Waals surface area contributed by atoms with Gasteiger partial charge in [0.1, 0.15) is 85.1 Å². The number of aryl methyl sites for hydroxylation is 2. The number of hydrogen-bond donors (Lipinski definition) is 3. The maximum atomic E-state index is 13.5. The van der Waals surface area contributed by atoms with E-state index in [-0.39, 0.29) is 36.7 Å². The number of benzene rings is 2. The zero-order chi connectivity index (χ0) is 64.7. The number of nitrogens with two attached hydrogens (primary N) is 1. The van der Waals surface area contributed by atoms with Gasteiger partial charge in [-0.25, -0.2) is 38.7 Å². The molecule has 0 atom stereocenters. The Labute approximate surface area is 551 Å². The molecule has 0 bridgehead atoms. The minimum absolute atomic E-state index is 0. The van der Waals surface area contributed by atoms with Gasteiger partial charge in [-0.05, 0) is 178 Å². The second-order valence-corrected chi connectivity index (χ2v) is 26.0. The van der Waals surface area contributed by atoms with E-state index in [4.69, 9.17) is 25.4 Å². The van der Waals surface area contributed by atoms with Crippen LogP contribution in [0.3, 0.4) is 0 Å². The smallest absolute Gasteiger partial charge is 0.460 e. The van der Waals surface area contributed by atoms with Gasteiger partial charge in [0.15, 0.2) is 10.3 Å². The fraction of sp³-hybridized carbons (Fsp3) is 0.328. The van der Waals surface area contributed by atoms with Crippen molar-refractivity contribution in [1.29, 1.82) is 10.5 Å². The van der Waals surface area contributed by atoms with Gasteiger partial charge in [0.2, 0.25) is 0 Å². The van der Waals surface area contributed by atoms with Crippen molar-refractivity contribution in [1.82, 2.24) is 38.7 Å². The first-order valence-corrected chi connectivity index (χ1v) is 32.4. The minimum atomic E-state index is -1.60. The van der Waals surface area contributed by atoms with Crippen molar-refractivity contribution in [3.8, 4) is 45.8 Å². The molecule has 12 rings (SSSR count). The molecule has 0 aliphatic carbocycles. The molecule has 476 valence electrons. The van der Waals surface area contributed by atoms with Crippen molar-refractivity contribution in [2.24, 2.45) is 11.7 Å². The molecule has 2 aromatic carbocycles. The van der Waals surface area contributed by atoms with Gasteiger partial charge in [-0.2, -0.15) is 10.5 Å². The number of aromatic nitrogens is 8. The molecule has 0 saturated carbocycles. The van der Waals surface area contributed by atoms with E-state index in [0.717, 1.165) is 114 Å². The van der Waals surface area contributed by atoms with Crippen LogP contribution in [0.25, 0.3) is 44.9 Å². The van der Waals surface area contributed by atoms with Crippen LogP contribution in [0.5, 0.6) is 0 Å². The molecule has 2 saturated heterocycles. The molecular weight excluding hydrogens is 1270 g/mol. The van der Waals surface area contributed by atoms with Crippen molar-refractivity contribution in [3.05, 3.63) is 159 Å². The third kappa shape index (κ3) is 15.8. The fourth-order valence-corrected chi connectivity index (χ4v) is 12.9. The minimum Gasteiger partial charge on any atom is -0.460 e. The molecule has 25 heteroatoms. The number of halogens is 3. The zero-order valence-electron chi connectivity index (χ0n) is 51.6. The molecule has 92 heavy (non-hydrogen) atoms. The number of hydrogen-bond acceptors (Lipinski definition) is 19. The van der Waals surface area contributed by atoms with E-state index >= 15 is 0 Å². The number of imidazole rings is 2. The monoisotopic (exact) mass is 1340 g/mol. The summed E-state index contributed by atoms with van der Waals surface area (Å²) < 4.78 is 37.0. The van der Waals surface area contributed by atoms with E-state index in [2.05, 4.69) is 88.5 Å². The molecule has 0 radical (unpaired) electrons. The Hall–Kier alpha value is -8.69.